The maximum atomic E-state index is 5.16. The van der Waals surface area contributed by atoms with Crippen LogP contribution in [-0.4, -0.2) is 0 Å². The molecule has 0 spiro atoms. The number of nitrogens with two attached hydrogens (primary N) is 1. The summed E-state index contributed by atoms with van der Waals surface area (Å²) in [5.74, 6) is 0. The first-order valence-corrected chi connectivity index (χ1v) is 4.10. The molecule has 0 aromatic heterocycles. The van der Waals surface area contributed by atoms with Crippen LogP contribution >= 0.6 is 0 Å². The average molecular weight is 153 g/mol. The Kier molecular flexibility index (Phi) is 4.67. The van der Waals surface area contributed by atoms with Crippen molar-refractivity contribution in [2.24, 2.45) is 11.1 Å². The van der Waals surface area contributed by atoms with E-state index in [4.69, 9.17) is 5.73 Å². The van der Waals surface area contributed by atoms with E-state index in [-0.39, 0.29) is 0 Å². The first kappa shape index (κ1) is 10.3. The highest BCUT2D eigenvalue weighted by molar-refractivity contribution is 5.00. The molecule has 0 rings (SSSR count). The van der Waals surface area contributed by atoms with Gasteiger partial charge >= 0.3 is 0 Å². The van der Waals surface area contributed by atoms with E-state index in [1.165, 1.54) is 6.42 Å². The van der Waals surface area contributed by atoms with Crippen LogP contribution in [0.25, 0.3) is 0 Å². The summed E-state index contributed by atoms with van der Waals surface area (Å²) in [5.41, 5.74) is 5.61. The first-order valence-electron chi connectivity index (χ1n) is 4.10. The number of hydrogen-bond donors (Lipinski definition) is 1. The van der Waals surface area contributed by atoms with E-state index in [0.29, 0.717) is 5.41 Å². The van der Waals surface area contributed by atoms with Crippen LogP contribution in [0, 0.1) is 5.41 Å². The fourth-order valence-corrected chi connectivity index (χ4v) is 0.755. The Morgan fingerprint density at radius 1 is 1.18 bits per heavy atom. The van der Waals surface area contributed by atoms with E-state index in [1.54, 1.807) is 6.20 Å². The molecule has 0 saturated carbocycles. The zero-order valence-corrected chi connectivity index (χ0v) is 7.80. The fourth-order valence-electron chi connectivity index (χ4n) is 0.755. The highest BCUT2D eigenvalue weighted by Gasteiger charge is 2.06. The monoisotopic (exact) mass is 153 g/mol. The number of hydrogen-bond acceptors (Lipinski definition) is 1. The molecule has 0 bridgehead atoms. The van der Waals surface area contributed by atoms with E-state index in [0.717, 1.165) is 6.42 Å². The summed E-state index contributed by atoms with van der Waals surface area (Å²) in [4.78, 5) is 0. The topological polar surface area (TPSA) is 26.0 Å². The number of rotatable bonds is 3. The molecule has 0 aromatic carbocycles. The van der Waals surface area contributed by atoms with Gasteiger partial charge in [0.2, 0.25) is 0 Å². The van der Waals surface area contributed by atoms with Crippen molar-refractivity contribution in [1.29, 1.82) is 0 Å². The van der Waals surface area contributed by atoms with Gasteiger partial charge in [-0.15, -0.1) is 0 Å². The van der Waals surface area contributed by atoms with Crippen molar-refractivity contribution in [3.63, 3.8) is 0 Å². The summed E-state index contributed by atoms with van der Waals surface area (Å²) >= 11 is 0. The normalized spacial score (nSPS) is 13.4. The second-order valence-corrected chi connectivity index (χ2v) is 3.91. The van der Waals surface area contributed by atoms with Gasteiger partial charge in [0.25, 0.3) is 0 Å². The largest absolute Gasteiger partial charge is 0.405 e. The smallest absolute Gasteiger partial charge is 0.00625 e. The van der Waals surface area contributed by atoms with Gasteiger partial charge in [-0.1, -0.05) is 32.9 Å². The van der Waals surface area contributed by atoms with Crippen LogP contribution in [0.4, 0.5) is 0 Å². The Balaban J connectivity index is 3.42. The summed E-state index contributed by atoms with van der Waals surface area (Å²) in [6.45, 7) is 6.75. The van der Waals surface area contributed by atoms with Crippen molar-refractivity contribution >= 4 is 0 Å². The molecule has 0 fully saturated rings. The Labute approximate surface area is 70.0 Å². The Morgan fingerprint density at radius 3 is 2.27 bits per heavy atom. The van der Waals surface area contributed by atoms with Crippen LogP contribution in [0.1, 0.15) is 33.6 Å². The fraction of sp³-hybridized carbons (Fsp3) is 0.600. The lowest BCUT2D eigenvalue weighted by Crippen LogP contribution is -2.02. The van der Waals surface area contributed by atoms with Crippen molar-refractivity contribution in [3.8, 4) is 0 Å². The quantitative estimate of drug-likeness (QED) is 0.620. The van der Waals surface area contributed by atoms with E-state index in [1.807, 2.05) is 12.2 Å². The lowest BCUT2D eigenvalue weighted by Gasteiger charge is -2.15. The standard InChI is InChI=1S/C10H19N/c1-10(2,3)8-6-4-5-7-9-11/h4-5,7,9H,6,8,11H2,1-3H3/b5-4-,9-7-. The first-order chi connectivity index (χ1) is 5.06. The molecule has 0 heterocycles. The molecule has 1 nitrogen and oxygen atoms in total. The zero-order valence-electron chi connectivity index (χ0n) is 7.80. The Bertz CT molecular complexity index is 137. The molecule has 0 aromatic rings. The molecule has 0 aliphatic carbocycles. The van der Waals surface area contributed by atoms with Crippen molar-refractivity contribution in [2.75, 3.05) is 0 Å². The second kappa shape index (κ2) is 5.00. The van der Waals surface area contributed by atoms with E-state index >= 15 is 0 Å². The van der Waals surface area contributed by atoms with E-state index < -0.39 is 0 Å². The van der Waals surface area contributed by atoms with Gasteiger partial charge in [-0.2, -0.15) is 0 Å². The van der Waals surface area contributed by atoms with Crippen molar-refractivity contribution < 1.29 is 0 Å². The third-order valence-electron chi connectivity index (χ3n) is 1.42. The van der Waals surface area contributed by atoms with E-state index in [2.05, 4.69) is 26.8 Å². The maximum absolute atomic E-state index is 5.16. The molecule has 0 aliphatic rings. The highest BCUT2D eigenvalue weighted by atomic mass is 14.5. The molecule has 0 atom stereocenters. The summed E-state index contributed by atoms with van der Waals surface area (Å²) in [6, 6.07) is 0. The Morgan fingerprint density at radius 2 is 1.82 bits per heavy atom. The maximum Gasteiger partial charge on any atom is -0.00625 e. The van der Waals surface area contributed by atoms with Gasteiger partial charge in [-0.3, -0.25) is 0 Å². The summed E-state index contributed by atoms with van der Waals surface area (Å²) < 4.78 is 0. The minimum absolute atomic E-state index is 0.441. The summed E-state index contributed by atoms with van der Waals surface area (Å²) in [5, 5.41) is 0. The SMILES string of the molecule is CC(C)(C)CC/C=C\C=C/N. The predicted octanol–water partition coefficient (Wildman–Crippen LogP) is 2.84. The molecule has 0 radical (unpaired) electrons. The minimum Gasteiger partial charge on any atom is -0.405 e. The van der Waals surface area contributed by atoms with Gasteiger partial charge in [0, 0.05) is 0 Å². The second-order valence-electron chi connectivity index (χ2n) is 3.91. The molecule has 0 aliphatic heterocycles. The molecule has 2 N–H and O–H groups in total. The van der Waals surface area contributed by atoms with Crippen LogP contribution in [0.3, 0.4) is 0 Å². The van der Waals surface area contributed by atoms with Crippen LogP contribution in [0.2, 0.25) is 0 Å². The summed E-state index contributed by atoms with van der Waals surface area (Å²) in [7, 11) is 0. The van der Waals surface area contributed by atoms with Crippen LogP contribution in [0.5, 0.6) is 0 Å². The summed E-state index contributed by atoms with van der Waals surface area (Å²) in [6.07, 6.45) is 9.90. The van der Waals surface area contributed by atoms with Gasteiger partial charge in [0.15, 0.2) is 0 Å². The third-order valence-corrected chi connectivity index (χ3v) is 1.42. The molecule has 1 heteroatoms. The Hall–Kier alpha value is -0.720. The number of allylic oxidation sites excluding steroid dienone is 3. The van der Waals surface area contributed by atoms with Crippen LogP contribution in [0.15, 0.2) is 24.4 Å². The van der Waals surface area contributed by atoms with Gasteiger partial charge < -0.3 is 5.73 Å². The lowest BCUT2D eigenvalue weighted by molar-refractivity contribution is 0.381. The minimum atomic E-state index is 0.441. The van der Waals surface area contributed by atoms with Gasteiger partial charge in [0.1, 0.15) is 0 Å². The molecule has 0 unspecified atom stereocenters. The van der Waals surface area contributed by atoms with Crippen molar-refractivity contribution in [1.82, 2.24) is 0 Å². The molecular weight excluding hydrogens is 134 g/mol. The van der Waals surface area contributed by atoms with Crippen LogP contribution in [-0.2, 0) is 0 Å². The van der Waals surface area contributed by atoms with E-state index in [9.17, 15) is 0 Å². The average Bonchev–Trinajstić information content (AvgIpc) is 1.85. The highest BCUT2D eigenvalue weighted by Crippen LogP contribution is 2.20. The van der Waals surface area contributed by atoms with Crippen molar-refractivity contribution in [2.45, 2.75) is 33.6 Å². The predicted molar refractivity (Wildman–Crippen MR) is 51.2 cm³/mol. The third kappa shape index (κ3) is 9.28. The molecular formula is C10H19N. The molecule has 0 saturated heterocycles. The van der Waals surface area contributed by atoms with Gasteiger partial charge in [0.05, 0.1) is 0 Å². The molecule has 0 amide bonds. The molecule has 64 valence electrons. The zero-order chi connectivity index (χ0) is 8.74. The molecule has 11 heavy (non-hydrogen) atoms. The lowest BCUT2D eigenvalue weighted by atomic mass is 9.90. The van der Waals surface area contributed by atoms with Crippen LogP contribution < -0.4 is 5.73 Å². The van der Waals surface area contributed by atoms with Gasteiger partial charge in [-0.25, -0.2) is 0 Å². The van der Waals surface area contributed by atoms with Crippen molar-refractivity contribution in [3.05, 3.63) is 24.4 Å². The van der Waals surface area contributed by atoms with Gasteiger partial charge in [-0.05, 0) is 30.5 Å².